The van der Waals surface area contributed by atoms with Gasteiger partial charge in [0.05, 0.1) is 0 Å². The highest BCUT2D eigenvalue weighted by molar-refractivity contribution is 5.02. The average Bonchev–Trinajstić information content (AvgIpc) is 2.38. The van der Waals surface area contributed by atoms with Crippen LogP contribution in [0.25, 0.3) is 0 Å². The van der Waals surface area contributed by atoms with E-state index in [1.165, 1.54) is 57.8 Å². The molecule has 0 unspecified atom stereocenters. The Kier molecular flexibility index (Phi) is 5.13. The highest BCUT2D eigenvalue weighted by Crippen LogP contribution is 2.59. The van der Waals surface area contributed by atoms with E-state index < -0.39 is 0 Å². The van der Waals surface area contributed by atoms with E-state index in [-0.39, 0.29) is 0 Å². The summed E-state index contributed by atoms with van der Waals surface area (Å²) in [6, 6.07) is 1.60. The molecule has 124 valence electrons. The molecule has 2 rings (SSSR count). The SMILES string of the molecule is CC(C)(C)C1(C(C)(C)C)CCC(NC2CCCCC2)CC1. The first-order valence-electron chi connectivity index (χ1n) is 9.42. The van der Waals surface area contributed by atoms with E-state index >= 15 is 0 Å². The lowest BCUT2D eigenvalue weighted by molar-refractivity contribution is -0.0702. The van der Waals surface area contributed by atoms with Crippen molar-refractivity contribution in [2.75, 3.05) is 0 Å². The summed E-state index contributed by atoms with van der Waals surface area (Å²) in [5.41, 5.74) is 1.30. The predicted octanol–water partition coefficient (Wildman–Crippen LogP) is 5.93. The third-order valence-corrected chi connectivity index (χ3v) is 6.79. The van der Waals surface area contributed by atoms with Gasteiger partial charge in [0.2, 0.25) is 0 Å². The molecule has 1 heteroatoms. The largest absolute Gasteiger partial charge is 0.311 e. The van der Waals surface area contributed by atoms with Gasteiger partial charge in [0.25, 0.3) is 0 Å². The van der Waals surface area contributed by atoms with Crippen LogP contribution in [0.1, 0.15) is 99.3 Å². The summed E-state index contributed by atoms with van der Waals surface area (Å²) in [4.78, 5) is 0. The van der Waals surface area contributed by atoms with Gasteiger partial charge in [-0.3, -0.25) is 0 Å². The molecule has 1 N–H and O–H groups in total. The summed E-state index contributed by atoms with van der Waals surface area (Å²) in [6.07, 6.45) is 12.7. The molecule has 0 aromatic rings. The highest BCUT2D eigenvalue weighted by atomic mass is 15.0. The second-order valence-electron chi connectivity index (χ2n) is 9.86. The maximum Gasteiger partial charge on any atom is 0.00700 e. The van der Waals surface area contributed by atoms with Crippen molar-refractivity contribution in [1.29, 1.82) is 0 Å². The van der Waals surface area contributed by atoms with Gasteiger partial charge in [0, 0.05) is 12.1 Å². The lowest BCUT2D eigenvalue weighted by atomic mass is 9.48. The summed E-state index contributed by atoms with van der Waals surface area (Å²) in [5, 5.41) is 4.00. The second-order valence-corrected chi connectivity index (χ2v) is 9.86. The molecule has 0 amide bonds. The number of rotatable bonds is 2. The van der Waals surface area contributed by atoms with Crippen LogP contribution in [0.5, 0.6) is 0 Å². The maximum atomic E-state index is 4.00. The molecule has 0 aliphatic heterocycles. The van der Waals surface area contributed by atoms with Crippen LogP contribution >= 0.6 is 0 Å². The van der Waals surface area contributed by atoms with E-state index in [4.69, 9.17) is 0 Å². The zero-order chi connectivity index (χ0) is 15.7. The van der Waals surface area contributed by atoms with Crippen LogP contribution in [0, 0.1) is 16.2 Å². The van der Waals surface area contributed by atoms with Gasteiger partial charge in [0.15, 0.2) is 0 Å². The van der Waals surface area contributed by atoms with Crippen LogP contribution in [0.4, 0.5) is 0 Å². The molecule has 0 radical (unpaired) electrons. The highest BCUT2D eigenvalue weighted by Gasteiger charge is 2.51. The zero-order valence-electron chi connectivity index (χ0n) is 15.5. The smallest absolute Gasteiger partial charge is 0.00700 e. The van der Waals surface area contributed by atoms with Gasteiger partial charge in [-0.1, -0.05) is 60.8 Å². The minimum atomic E-state index is 0.404. The van der Waals surface area contributed by atoms with Gasteiger partial charge in [0.1, 0.15) is 0 Å². The van der Waals surface area contributed by atoms with Gasteiger partial charge in [-0.15, -0.1) is 0 Å². The van der Waals surface area contributed by atoms with Crippen molar-refractivity contribution in [2.24, 2.45) is 16.2 Å². The molecule has 1 nitrogen and oxygen atoms in total. The van der Waals surface area contributed by atoms with E-state index in [2.05, 4.69) is 46.9 Å². The van der Waals surface area contributed by atoms with E-state index in [0.717, 1.165) is 12.1 Å². The third-order valence-electron chi connectivity index (χ3n) is 6.79. The van der Waals surface area contributed by atoms with Crippen LogP contribution in [0.15, 0.2) is 0 Å². The van der Waals surface area contributed by atoms with E-state index in [1.807, 2.05) is 0 Å². The fourth-order valence-electron chi connectivity index (χ4n) is 5.50. The zero-order valence-corrected chi connectivity index (χ0v) is 15.5. The summed E-state index contributed by atoms with van der Waals surface area (Å²) in [6.45, 7) is 14.8. The van der Waals surface area contributed by atoms with Gasteiger partial charge < -0.3 is 5.32 Å². The minimum absolute atomic E-state index is 0.404. The Bertz CT molecular complexity index is 301. The minimum Gasteiger partial charge on any atom is -0.311 e. The van der Waals surface area contributed by atoms with Crippen molar-refractivity contribution in [1.82, 2.24) is 5.32 Å². The molecule has 0 spiro atoms. The number of hydrogen-bond acceptors (Lipinski definition) is 1. The summed E-state index contributed by atoms with van der Waals surface area (Å²) >= 11 is 0. The average molecular weight is 294 g/mol. The molecule has 0 aromatic carbocycles. The van der Waals surface area contributed by atoms with Crippen molar-refractivity contribution in [2.45, 2.75) is 111 Å². The fraction of sp³-hybridized carbons (Fsp3) is 1.00. The van der Waals surface area contributed by atoms with Crippen LogP contribution < -0.4 is 5.32 Å². The van der Waals surface area contributed by atoms with Gasteiger partial charge in [-0.2, -0.15) is 0 Å². The van der Waals surface area contributed by atoms with Crippen molar-refractivity contribution >= 4 is 0 Å². The van der Waals surface area contributed by atoms with Gasteiger partial charge in [-0.05, 0) is 54.8 Å². The Labute approximate surface area is 133 Å². The second kappa shape index (κ2) is 6.22. The molecule has 0 aromatic heterocycles. The van der Waals surface area contributed by atoms with E-state index in [9.17, 15) is 0 Å². The van der Waals surface area contributed by atoms with Crippen molar-refractivity contribution < 1.29 is 0 Å². The molecule has 0 atom stereocenters. The lowest BCUT2D eigenvalue weighted by Crippen LogP contribution is -2.52. The van der Waals surface area contributed by atoms with Gasteiger partial charge in [-0.25, -0.2) is 0 Å². The van der Waals surface area contributed by atoms with E-state index in [0.29, 0.717) is 16.2 Å². The monoisotopic (exact) mass is 293 g/mol. The van der Waals surface area contributed by atoms with Gasteiger partial charge >= 0.3 is 0 Å². The molecule has 21 heavy (non-hydrogen) atoms. The molecular weight excluding hydrogens is 254 g/mol. The number of hydrogen-bond donors (Lipinski definition) is 1. The standard InChI is InChI=1S/C20H39N/c1-18(2,3)20(19(4,5)6)14-12-17(13-15-20)21-16-10-8-7-9-11-16/h16-17,21H,7-15H2,1-6H3. The fourth-order valence-corrected chi connectivity index (χ4v) is 5.50. The van der Waals surface area contributed by atoms with E-state index in [1.54, 1.807) is 0 Å². The Morgan fingerprint density at radius 1 is 0.667 bits per heavy atom. The lowest BCUT2D eigenvalue weighted by Gasteiger charge is -2.57. The number of nitrogens with one attached hydrogen (secondary N) is 1. The molecular formula is C20H39N. The molecule has 2 saturated carbocycles. The van der Waals surface area contributed by atoms with Crippen LogP contribution in [-0.4, -0.2) is 12.1 Å². The topological polar surface area (TPSA) is 12.0 Å². The predicted molar refractivity (Wildman–Crippen MR) is 93.6 cm³/mol. The summed E-state index contributed by atoms with van der Waals surface area (Å²) in [5.74, 6) is 0. The molecule has 0 bridgehead atoms. The first kappa shape index (κ1) is 17.3. The maximum absolute atomic E-state index is 4.00. The Morgan fingerprint density at radius 3 is 1.52 bits per heavy atom. The first-order chi connectivity index (χ1) is 9.66. The quantitative estimate of drug-likeness (QED) is 0.665. The molecule has 2 fully saturated rings. The Balaban J connectivity index is 1.96. The summed E-state index contributed by atoms with van der Waals surface area (Å²) in [7, 11) is 0. The van der Waals surface area contributed by atoms with Crippen LogP contribution in [0.3, 0.4) is 0 Å². The Hall–Kier alpha value is -0.0400. The molecule has 2 aliphatic rings. The summed E-state index contributed by atoms with van der Waals surface area (Å²) < 4.78 is 0. The Morgan fingerprint density at radius 2 is 1.10 bits per heavy atom. The molecule has 0 heterocycles. The van der Waals surface area contributed by atoms with Crippen molar-refractivity contribution in [3.63, 3.8) is 0 Å². The molecule has 2 aliphatic carbocycles. The van der Waals surface area contributed by atoms with Crippen LogP contribution in [-0.2, 0) is 0 Å². The van der Waals surface area contributed by atoms with Crippen molar-refractivity contribution in [3.05, 3.63) is 0 Å². The van der Waals surface area contributed by atoms with Crippen LogP contribution in [0.2, 0.25) is 0 Å². The first-order valence-corrected chi connectivity index (χ1v) is 9.42. The normalized spacial score (nSPS) is 26.0. The third kappa shape index (κ3) is 3.66. The molecule has 0 saturated heterocycles. The van der Waals surface area contributed by atoms with Crippen molar-refractivity contribution in [3.8, 4) is 0 Å².